The average molecular weight is 278 g/mol. The first-order valence-electron chi connectivity index (χ1n) is 7.02. The summed E-state index contributed by atoms with van der Waals surface area (Å²) >= 11 is 1.65. The van der Waals surface area contributed by atoms with Crippen molar-refractivity contribution >= 4 is 17.7 Å². The van der Waals surface area contributed by atoms with Gasteiger partial charge in [-0.2, -0.15) is 0 Å². The maximum absolute atomic E-state index is 12.3. The zero-order chi connectivity index (χ0) is 13.5. The maximum Gasteiger partial charge on any atom is 0.233 e. The molecule has 0 aromatic heterocycles. The van der Waals surface area contributed by atoms with Crippen molar-refractivity contribution in [2.75, 3.05) is 13.1 Å². The van der Waals surface area contributed by atoms with Crippen LogP contribution in [0.2, 0.25) is 0 Å². The van der Waals surface area contributed by atoms with E-state index in [0.29, 0.717) is 6.04 Å². The standard InChI is InChI=1S/C15H22N2OS/c1-2-14(19-13-8-4-3-5-9-13)15(18)17-12-7-6-10-16-11-12/h3-5,8-9,12,14,16H,2,6-7,10-11H2,1H3,(H,17,18). The summed E-state index contributed by atoms with van der Waals surface area (Å²) in [6.07, 6.45) is 3.09. The molecule has 1 aromatic carbocycles. The summed E-state index contributed by atoms with van der Waals surface area (Å²) < 4.78 is 0. The van der Waals surface area contributed by atoms with Crippen LogP contribution in [0, 0.1) is 0 Å². The third-order valence-corrected chi connectivity index (χ3v) is 4.70. The number of amides is 1. The lowest BCUT2D eigenvalue weighted by Gasteiger charge is -2.25. The van der Waals surface area contributed by atoms with Crippen molar-refractivity contribution in [2.45, 2.75) is 42.4 Å². The van der Waals surface area contributed by atoms with Crippen molar-refractivity contribution in [1.29, 1.82) is 0 Å². The Balaban J connectivity index is 1.87. The molecule has 2 N–H and O–H groups in total. The first kappa shape index (κ1) is 14.4. The number of nitrogens with one attached hydrogen (secondary N) is 2. The van der Waals surface area contributed by atoms with Gasteiger partial charge in [-0.05, 0) is 37.9 Å². The van der Waals surface area contributed by atoms with Crippen LogP contribution in [0.3, 0.4) is 0 Å². The molecule has 1 aliphatic rings. The molecule has 2 atom stereocenters. The Morgan fingerprint density at radius 3 is 2.89 bits per heavy atom. The molecule has 104 valence electrons. The molecule has 0 saturated carbocycles. The molecule has 0 spiro atoms. The lowest BCUT2D eigenvalue weighted by molar-refractivity contribution is -0.121. The third kappa shape index (κ3) is 4.55. The minimum absolute atomic E-state index is 0.00401. The molecule has 19 heavy (non-hydrogen) atoms. The highest BCUT2D eigenvalue weighted by Gasteiger charge is 2.22. The highest BCUT2D eigenvalue weighted by atomic mass is 32.2. The summed E-state index contributed by atoms with van der Waals surface area (Å²) in [5.41, 5.74) is 0. The number of piperidine rings is 1. The van der Waals surface area contributed by atoms with Gasteiger partial charge in [-0.3, -0.25) is 4.79 Å². The van der Waals surface area contributed by atoms with Crippen molar-refractivity contribution in [3.05, 3.63) is 30.3 Å². The van der Waals surface area contributed by atoms with Crippen LogP contribution in [0.4, 0.5) is 0 Å². The van der Waals surface area contributed by atoms with Crippen molar-refractivity contribution in [3.63, 3.8) is 0 Å². The predicted octanol–water partition coefficient (Wildman–Crippen LogP) is 2.43. The first-order chi connectivity index (χ1) is 9.29. The van der Waals surface area contributed by atoms with Crippen LogP contribution in [-0.2, 0) is 4.79 Å². The highest BCUT2D eigenvalue weighted by Crippen LogP contribution is 2.25. The third-order valence-electron chi connectivity index (χ3n) is 3.33. The molecule has 0 bridgehead atoms. The molecule has 0 radical (unpaired) electrons. The van der Waals surface area contributed by atoms with Crippen molar-refractivity contribution < 1.29 is 4.79 Å². The molecule has 1 aliphatic heterocycles. The van der Waals surface area contributed by atoms with E-state index in [1.54, 1.807) is 11.8 Å². The van der Waals surface area contributed by atoms with Gasteiger partial charge >= 0.3 is 0 Å². The minimum Gasteiger partial charge on any atom is -0.351 e. The second-order valence-corrected chi connectivity index (χ2v) is 6.16. The van der Waals surface area contributed by atoms with Gasteiger partial charge in [-0.15, -0.1) is 11.8 Å². The smallest absolute Gasteiger partial charge is 0.233 e. The van der Waals surface area contributed by atoms with Crippen LogP contribution < -0.4 is 10.6 Å². The molecule has 1 amide bonds. The van der Waals surface area contributed by atoms with Gasteiger partial charge in [-0.25, -0.2) is 0 Å². The monoisotopic (exact) mass is 278 g/mol. The molecule has 2 unspecified atom stereocenters. The number of thioether (sulfide) groups is 1. The van der Waals surface area contributed by atoms with E-state index < -0.39 is 0 Å². The quantitative estimate of drug-likeness (QED) is 0.813. The lowest BCUT2D eigenvalue weighted by Crippen LogP contribution is -2.48. The Morgan fingerprint density at radius 2 is 2.26 bits per heavy atom. The molecule has 4 heteroatoms. The van der Waals surface area contributed by atoms with Crippen molar-refractivity contribution in [2.24, 2.45) is 0 Å². The van der Waals surface area contributed by atoms with Crippen molar-refractivity contribution in [3.8, 4) is 0 Å². The average Bonchev–Trinajstić information content (AvgIpc) is 2.47. The Morgan fingerprint density at radius 1 is 1.47 bits per heavy atom. The summed E-state index contributed by atoms with van der Waals surface area (Å²) in [6.45, 7) is 4.04. The molecule has 2 rings (SSSR count). The Bertz CT molecular complexity index is 390. The van der Waals surface area contributed by atoms with E-state index in [-0.39, 0.29) is 11.2 Å². The van der Waals surface area contributed by atoms with Gasteiger partial charge in [0.2, 0.25) is 5.91 Å². The Labute approximate surface area is 119 Å². The van der Waals surface area contributed by atoms with Crippen LogP contribution in [0.15, 0.2) is 35.2 Å². The van der Waals surface area contributed by atoms with Gasteiger partial charge in [0.1, 0.15) is 0 Å². The van der Waals surface area contributed by atoms with Gasteiger partial charge in [0, 0.05) is 17.5 Å². The van der Waals surface area contributed by atoms with Crippen LogP contribution in [0.25, 0.3) is 0 Å². The van der Waals surface area contributed by atoms with E-state index in [1.807, 2.05) is 18.2 Å². The van der Waals surface area contributed by atoms with Crippen LogP contribution in [-0.4, -0.2) is 30.3 Å². The fourth-order valence-electron chi connectivity index (χ4n) is 2.25. The summed E-state index contributed by atoms with van der Waals surface area (Å²) in [5, 5.41) is 6.50. The molecular formula is C15H22N2OS. The Kier molecular flexibility index (Phi) is 5.73. The second kappa shape index (κ2) is 7.56. The normalized spacial score (nSPS) is 20.8. The fourth-order valence-corrected chi connectivity index (χ4v) is 3.24. The number of carbonyl (C=O) groups is 1. The topological polar surface area (TPSA) is 41.1 Å². The molecular weight excluding hydrogens is 256 g/mol. The number of rotatable bonds is 5. The van der Waals surface area contributed by atoms with Crippen molar-refractivity contribution in [1.82, 2.24) is 10.6 Å². The number of hydrogen-bond donors (Lipinski definition) is 2. The number of benzene rings is 1. The lowest BCUT2D eigenvalue weighted by atomic mass is 10.1. The predicted molar refractivity (Wildman–Crippen MR) is 80.4 cm³/mol. The molecule has 3 nitrogen and oxygen atoms in total. The molecule has 1 heterocycles. The van der Waals surface area contributed by atoms with Gasteiger partial charge in [0.15, 0.2) is 0 Å². The van der Waals surface area contributed by atoms with Crippen LogP contribution >= 0.6 is 11.8 Å². The van der Waals surface area contributed by atoms with Crippen LogP contribution in [0.5, 0.6) is 0 Å². The summed E-state index contributed by atoms with van der Waals surface area (Å²) in [7, 11) is 0. The number of hydrogen-bond acceptors (Lipinski definition) is 3. The van der Waals surface area contributed by atoms with E-state index in [2.05, 4.69) is 29.7 Å². The zero-order valence-electron chi connectivity index (χ0n) is 11.4. The van der Waals surface area contributed by atoms with Gasteiger partial charge in [0.05, 0.1) is 5.25 Å². The molecule has 1 saturated heterocycles. The summed E-state index contributed by atoms with van der Waals surface area (Å²) in [4.78, 5) is 13.4. The van der Waals surface area contributed by atoms with Gasteiger partial charge in [-0.1, -0.05) is 25.1 Å². The summed E-state index contributed by atoms with van der Waals surface area (Å²) in [6, 6.07) is 10.4. The largest absolute Gasteiger partial charge is 0.351 e. The molecule has 0 aliphatic carbocycles. The second-order valence-electron chi connectivity index (χ2n) is 4.88. The minimum atomic E-state index is 0.00401. The maximum atomic E-state index is 12.3. The molecule has 1 fully saturated rings. The van der Waals surface area contributed by atoms with Gasteiger partial charge in [0.25, 0.3) is 0 Å². The van der Waals surface area contributed by atoms with E-state index >= 15 is 0 Å². The van der Waals surface area contributed by atoms with E-state index in [9.17, 15) is 4.79 Å². The first-order valence-corrected chi connectivity index (χ1v) is 7.90. The SMILES string of the molecule is CCC(Sc1ccccc1)C(=O)NC1CCCNC1. The summed E-state index contributed by atoms with van der Waals surface area (Å²) in [5.74, 6) is 0.171. The molecule has 1 aromatic rings. The van der Waals surface area contributed by atoms with Gasteiger partial charge < -0.3 is 10.6 Å². The number of carbonyl (C=O) groups excluding carboxylic acids is 1. The Hall–Kier alpha value is -1.00. The van der Waals surface area contributed by atoms with E-state index in [1.165, 1.54) is 0 Å². The fraction of sp³-hybridized carbons (Fsp3) is 0.533. The zero-order valence-corrected chi connectivity index (χ0v) is 12.2. The van der Waals surface area contributed by atoms with Crippen LogP contribution in [0.1, 0.15) is 26.2 Å². The van der Waals surface area contributed by atoms with E-state index in [4.69, 9.17) is 0 Å². The van der Waals surface area contributed by atoms with E-state index in [0.717, 1.165) is 37.2 Å². The highest BCUT2D eigenvalue weighted by molar-refractivity contribution is 8.00.